The molecule has 1 aliphatic rings. The van der Waals surface area contributed by atoms with Crippen molar-refractivity contribution in [1.29, 1.82) is 0 Å². The summed E-state index contributed by atoms with van der Waals surface area (Å²) in [5.74, 6) is 0.497. The van der Waals surface area contributed by atoms with E-state index in [0.717, 1.165) is 13.1 Å². The first-order chi connectivity index (χ1) is 5.61. The smallest absolute Gasteiger partial charge is 0.314 e. The molecule has 0 spiro atoms. The Hall–Kier alpha value is -0.770. The number of rotatable bonds is 3. The van der Waals surface area contributed by atoms with E-state index < -0.39 is 0 Å². The zero-order valence-corrected chi connectivity index (χ0v) is 7.71. The molecule has 0 aromatic carbocycles. The van der Waals surface area contributed by atoms with Crippen LogP contribution in [0, 0.1) is 5.92 Å². The molecule has 70 valence electrons. The summed E-state index contributed by atoms with van der Waals surface area (Å²) in [5, 5.41) is 3.31. The van der Waals surface area contributed by atoms with Crippen LogP contribution in [0.4, 0.5) is 4.79 Å². The van der Waals surface area contributed by atoms with Crippen molar-refractivity contribution in [3.8, 4) is 0 Å². The van der Waals surface area contributed by atoms with Gasteiger partial charge >= 0.3 is 6.03 Å². The van der Waals surface area contributed by atoms with Crippen molar-refractivity contribution in [1.82, 2.24) is 10.2 Å². The molecule has 0 radical (unpaired) electrons. The normalized spacial score (nSPS) is 24.3. The lowest BCUT2D eigenvalue weighted by molar-refractivity contribution is 0.191. The van der Waals surface area contributed by atoms with Gasteiger partial charge in [-0.15, -0.1) is 0 Å². The molecule has 2 unspecified atom stereocenters. The largest absolute Gasteiger partial charge is 0.351 e. The van der Waals surface area contributed by atoms with Gasteiger partial charge in [0.1, 0.15) is 0 Å². The first-order valence-corrected chi connectivity index (χ1v) is 4.35. The van der Waals surface area contributed by atoms with Crippen LogP contribution in [-0.4, -0.2) is 37.1 Å². The fourth-order valence-electron chi connectivity index (χ4n) is 1.45. The van der Waals surface area contributed by atoms with Crippen LogP contribution in [0.15, 0.2) is 0 Å². The van der Waals surface area contributed by atoms with Gasteiger partial charge < -0.3 is 16.0 Å². The van der Waals surface area contributed by atoms with E-state index in [0.29, 0.717) is 12.0 Å². The molecular formula is C8H17N3O. The summed E-state index contributed by atoms with van der Waals surface area (Å²) < 4.78 is 0. The lowest BCUT2D eigenvalue weighted by atomic mass is 9.93. The van der Waals surface area contributed by atoms with Crippen molar-refractivity contribution < 1.29 is 4.79 Å². The summed E-state index contributed by atoms with van der Waals surface area (Å²) in [4.78, 5) is 12.3. The minimum Gasteiger partial charge on any atom is -0.351 e. The van der Waals surface area contributed by atoms with Gasteiger partial charge in [0, 0.05) is 19.6 Å². The minimum atomic E-state index is -0.346. The van der Waals surface area contributed by atoms with Crippen molar-refractivity contribution in [2.75, 3.05) is 20.1 Å². The van der Waals surface area contributed by atoms with Crippen molar-refractivity contribution in [2.45, 2.75) is 19.4 Å². The van der Waals surface area contributed by atoms with E-state index in [2.05, 4.69) is 12.2 Å². The molecular weight excluding hydrogens is 154 g/mol. The SMILES string of the molecule is CC(CN(C)C(N)=O)C1CCN1. The third-order valence-corrected chi connectivity index (χ3v) is 2.49. The highest BCUT2D eigenvalue weighted by atomic mass is 16.2. The van der Waals surface area contributed by atoms with Gasteiger partial charge in [-0.05, 0) is 18.9 Å². The Morgan fingerprint density at radius 3 is 2.75 bits per heavy atom. The second-order valence-corrected chi connectivity index (χ2v) is 3.55. The number of carbonyl (C=O) groups is 1. The maximum absolute atomic E-state index is 10.7. The fourth-order valence-corrected chi connectivity index (χ4v) is 1.45. The number of primary amides is 1. The van der Waals surface area contributed by atoms with Crippen LogP contribution in [0.5, 0.6) is 0 Å². The van der Waals surface area contributed by atoms with Crippen LogP contribution in [0.2, 0.25) is 0 Å². The van der Waals surface area contributed by atoms with Gasteiger partial charge in [-0.25, -0.2) is 4.79 Å². The summed E-state index contributed by atoms with van der Waals surface area (Å²) in [5.41, 5.74) is 5.11. The Balaban J connectivity index is 2.24. The van der Waals surface area contributed by atoms with Crippen LogP contribution in [0.3, 0.4) is 0 Å². The van der Waals surface area contributed by atoms with Gasteiger partial charge in [-0.2, -0.15) is 0 Å². The maximum Gasteiger partial charge on any atom is 0.314 e. The van der Waals surface area contributed by atoms with E-state index in [-0.39, 0.29) is 6.03 Å². The third kappa shape index (κ3) is 2.11. The lowest BCUT2D eigenvalue weighted by Crippen LogP contribution is -2.50. The third-order valence-electron chi connectivity index (χ3n) is 2.49. The van der Waals surface area contributed by atoms with Crippen LogP contribution < -0.4 is 11.1 Å². The topological polar surface area (TPSA) is 58.4 Å². The molecule has 0 bridgehead atoms. The van der Waals surface area contributed by atoms with Crippen molar-refractivity contribution in [3.63, 3.8) is 0 Å². The lowest BCUT2D eigenvalue weighted by Gasteiger charge is -2.34. The van der Waals surface area contributed by atoms with Crippen LogP contribution in [0.25, 0.3) is 0 Å². The predicted molar refractivity (Wildman–Crippen MR) is 47.8 cm³/mol. The molecule has 3 N–H and O–H groups in total. The number of amides is 2. The fraction of sp³-hybridized carbons (Fsp3) is 0.875. The van der Waals surface area contributed by atoms with Crippen molar-refractivity contribution in [3.05, 3.63) is 0 Å². The second-order valence-electron chi connectivity index (χ2n) is 3.55. The monoisotopic (exact) mass is 171 g/mol. The predicted octanol–water partition coefficient (Wildman–Crippen LogP) is -0.00510. The van der Waals surface area contributed by atoms with E-state index in [4.69, 9.17) is 5.73 Å². The number of nitrogens with one attached hydrogen (secondary N) is 1. The molecule has 1 saturated heterocycles. The Morgan fingerprint density at radius 1 is 1.83 bits per heavy atom. The average Bonchev–Trinajstić information content (AvgIpc) is 1.82. The van der Waals surface area contributed by atoms with E-state index in [1.807, 2.05) is 0 Å². The molecule has 2 atom stereocenters. The Kier molecular flexibility index (Phi) is 2.92. The maximum atomic E-state index is 10.7. The molecule has 0 saturated carbocycles. The molecule has 0 aromatic rings. The number of hydrogen-bond acceptors (Lipinski definition) is 2. The Bertz CT molecular complexity index is 168. The molecule has 0 aromatic heterocycles. The zero-order chi connectivity index (χ0) is 9.14. The number of nitrogens with two attached hydrogens (primary N) is 1. The summed E-state index contributed by atoms with van der Waals surface area (Å²) in [6.07, 6.45) is 1.22. The standard InChI is InChI=1S/C8H17N3O/c1-6(7-3-4-10-7)5-11(2)8(9)12/h6-7,10H,3-5H2,1-2H3,(H2,9,12). The number of urea groups is 1. The molecule has 0 aliphatic carbocycles. The van der Waals surface area contributed by atoms with Gasteiger partial charge in [-0.1, -0.05) is 6.92 Å². The first kappa shape index (κ1) is 9.32. The summed E-state index contributed by atoms with van der Waals surface area (Å²) in [6, 6.07) is 0.230. The van der Waals surface area contributed by atoms with Crippen LogP contribution in [-0.2, 0) is 0 Å². The highest BCUT2D eigenvalue weighted by Gasteiger charge is 2.24. The number of carbonyl (C=O) groups excluding carboxylic acids is 1. The molecule has 4 heteroatoms. The summed E-state index contributed by atoms with van der Waals surface area (Å²) in [6.45, 7) is 3.98. The van der Waals surface area contributed by atoms with E-state index in [1.54, 1.807) is 11.9 Å². The molecule has 2 amide bonds. The van der Waals surface area contributed by atoms with Crippen LogP contribution in [0.1, 0.15) is 13.3 Å². The van der Waals surface area contributed by atoms with Crippen molar-refractivity contribution >= 4 is 6.03 Å². The van der Waals surface area contributed by atoms with Crippen LogP contribution >= 0.6 is 0 Å². The Labute approximate surface area is 73.1 Å². The van der Waals surface area contributed by atoms with Gasteiger partial charge in [0.05, 0.1) is 0 Å². The van der Waals surface area contributed by atoms with E-state index in [9.17, 15) is 4.79 Å². The summed E-state index contributed by atoms with van der Waals surface area (Å²) in [7, 11) is 1.73. The van der Waals surface area contributed by atoms with Gasteiger partial charge in [0.25, 0.3) is 0 Å². The molecule has 12 heavy (non-hydrogen) atoms. The molecule has 4 nitrogen and oxygen atoms in total. The van der Waals surface area contributed by atoms with Gasteiger partial charge in [0.2, 0.25) is 0 Å². The van der Waals surface area contributed by atoms with E-state index >= 15 is 0 Å². The quantitative estimate of drug-likeness (QED) is 0.627. The molecule has 1 fully saturated rings. The zero-order valence-electron chi connectivity index (χ0n) is 7.71. The second kappa shape index (κ2) is 3.76. The highest BCUT2D eigenvalue weighted by Crippen LogP contribution is 2.13. The van der Waals surface area contributed by atoms with Gasteiger partial charge in [0.15, 0.2) is 0 Å². The number of nitrogens with zero attached hydrogens (tertiary/aromatic N) is 1. The highest BCUT2D eigenvalue weighted by molar-refractivity contribution is 5.71. The molecule has 1 heterocycles. The number of hydrogen-bond donors (Lipinski definition) is 2. The molecule has 1 aliphatic heterocycles. The van der Waals surface area contributed by atoms with Crippen molar-refractivity contribution in [2.24, 2.45) is 11.7 Å². The summed E-state index contributed by atoms with van der Waals surface area (Å²) >= 11 is 0. The average molecular weight is 171 g/mol. The molecule has 1 rings (SSSR count). The first-order valence-electron chi connectivity index (χ1n) is 4.35. The Morgan fingerprint density at radius 2 is 2.42 bits per heavy atom. The van der Waals surface area contributed by atoms with Gasteiger partial charge in [-0.3, -0.25) is 0 Å². The minimum absolute atomic E-state index is 0.346. The van der Waals surface area contributed by atoms with E-state index in [1.165, 1.54) is 6.42 Å².